The summed E-state index contributed by atoms with van der Waals surface area (Å²) in [6, 6.07) is 19.5. The number of nitrogens with one attached hydrogen (secondary N) is 2. The summed E-state index contributed by atoms with van der Waals surface area (Å²) in [6.07, 6.45) is 3.64. The number of aryl methyl sites for hydroxylation is 1. The number of hydrogen-bond acceptors (Lipinski definition) is 3. The number of halogens is 2. The monoisotopic (exact) mass is 540 g/mol. The van der Waals surface area contributed by atoms with E-state index in [1.54, 1.807) is 42.5 Å². The molecule has 0 heterocycles. The Kier molecular flexibility index (Phi) is 9.31. The van der Waals surface area contributed by atoms with Crippen molar-refractivity contribution in [2.45, 2.75) is 26.7 Å². The highest BCUT2D eigenvalue weighted by molar-refractivity contribution is 9.10. The molecule has 3 rings (SSSR count). The fraction of sp³-hybridized carbons (Fsp3) is 0.185. The van der Waals surface area contributed by atoms with Crippen molar-refractivity contribution < 1.29 is 14.3 Å². The maximum absolute atomic E-state index is 13.1. The summed E-state index contributed by atoms with van der Waals surface area (Å²) in [5.41, 5.74) is 2.70. The van der Waals surface area contributed by atoms with Crippen molar-refractivity contribution in [2.24, 2.45) is 0 Å². The molecule has 0 saturated carbocycles. The van der Waals surface area contributed by atoms with Crippen molar-refractivity contribution in [3.63, 3.8) is 0 Å². The summed E-state index contributed by atoms with van der Waals surface area (Å²) in [6.45, 7) is 4.60. The Morgan fingerprint density at radius 3 is 2.41 bits per heavy atom. The summed E-state index contributed by atoms with van der Waals surface area (Å²) in [4.78, 5) is 26.1. The molecule has 0 unspecified atom stereocenters. The van der Waals surface area contributed by atoms with Crippen molar-refractivity contribution in [1.82, 2.24) is 5.32 Å². The summed E-state index contributed by atoms with van der Waals surface area (Å²) >= 11 is 9.49. The van der Waals surface area contributed by atoms with Gasteiger partial charge in [-0.15, -0.1) is 0 Å². The zero-order chi connectivity index (χ0) is 24.5. The number of carbonyl (C=O) groups excluding carboxylic acids is 2. The van der Waals surface area contributed by atoms with Crippen LogP contribution in [0.15, 0.2) is 76.9 Å². The van der Waals surface area contributed by atoms with Gasteiger partial charge >= 0.3 is 0 Å². The first-order valence-electron chi connectivity index (χ1n) is 10.9. The van der Waals surface area contributed by atoms with Crippen molar-refractivity contribution in [3.05, 3.63) is 98.6 Å². The second-order valence-corrected chi connectivity index (χ2v) is 9.06. The van der Waals surface area contributed by atoms with E-state index < -0.39 is 11.8 Å². The first-order valence-corrected chi connectivity index (χ1v) is 12.1. The Hall–Kier alpha value is -3.09. The van der Waals surface area contributed by atoms with E-state index in [4.69, 9.17) is 16.3 Å². The van der Waals surface area contributed by atoms with Gasteiger partial charge < -0.3 is 15.4 Å². The first-order chi connectivity index (χ1) is 16.4. The highest BCUT2D eigenvalue weighted by Crippen LogP contribution is 2.21. The van der Waals surface area contributed by atoms with E-state index in [1.807, 2.05) is 37.3 Å². The van der Waals surface area contributed by atoms with Gasteiger partial charge in [0.05, 0.1) is 6.61 Å². The van der Waals surface area contributed by atoms with Crippen molar-refractivity contribution >= 4 is 51.1 Å². The van der Waals surface area contributed by atoms with Gasteiger partial charge in [-0.25, -0.2) is 0 Å². The van der Waals surface area contributed by atoms with Gasteiger partial charge in [0.25, 0.3) is 11.8 Å². The Balaban J connectivity index is 1.82. The molecule has 0 fully saturated rings. The van der Waals surface area contributed by atoms with Crippen LogP contribution in [0.25, 0.3) is 6.08 Å². The van der Waals surface area contributed by atoms with E-state index in [0.717, 1.165) is 28.4 Å². The number of amides is 2. The number of unbranched alkanes of at least 4 members (excludes halogenated alkanes) is 1. The van der Waals surface area contributed by atoms with Crippen LogP contribution in [-0.4, -0.2) is 18.4 Å². The lowest BCUT2D eigenvalue weighted by Crippen LogP contribution is -2.30. The minimum atomic E-state index is -0.457. The average molecular weight is 542 g/mol. The molecule has 0 saturated heterocycles. The van der Waals surface area contributed by atoms with Gasteiger partial charge in [0, 0.05) is 20.7 Å². The normalized spacial score (nSPS) is 11.1. The summed E-state index contributed by atoms with van der Waals surface area (Å²) < 4.78 is 6.57. The molecule has 0 aliphatic rings. The van der Waals surface area contributed by atoms with E-state index in [0.29, 0.717) is 28.6 Å². The predicted molar refractivity (Wildman–Crippen MR) is 141 cm³/mol. The van der Waals surface area contributed by atoms with Gasteiger partial charge in [0.1, 0.15) is 11.4 Å². The minimum Gasteiger partial charge on any atom is -0.494 e. The van der Waals surface area contributed by atoms with Crippen LogP contribution < -0.4 is 15.4 Å². The smallest absolute Gasteiger partial charge is 0.272 e. The van der Waals surface area contributed by atoms with Gasteiger partial charge in [-0.2, -0.15) is 0 Å². The lowest BCUT2D eigenvalue weighted by molar-refractivity contribution is -0.113. The molecule has 0 aliphatic heterocycles. The van der Waals surface area contributed by atoms with Crippen molar-refractivity contribution in [3.8, 4) is 5.75 Å². The molecule has 2 amide bonds. The molecular weight excluding hydrogens is 516 g/mol. The molecule has 0 aliphatic carbocycles. The predicted octanol–water partition coefficient (Wildman–Crippen LogP) is 7.00. The van der Waals surface area contributed by atoms with Gasteiger partial charge in [-0.05, 0) is 79.1 Å². The Morgan fingerprint density at radius 1 is 1.03 bits per heavy atom. The molecule has 3 aromatic carbocycles. The van der Waals surface area contributed by atoms with Crippen LogP contribution in [-0.2, 0) is 4.79 Å². The molecule has 176 valence electrons. The van der Waals surface area contributed by atoms with Crippen molar-refractivity contribution in [2.75, 3.05) is 11.9 Å². The molecule has 7 heteroatoms. The van der Waals surface area contributed by atoms with E-state index in [9.17, 15) is 9.59 Å². The third-order valence-corrected chi connectivity index (χ3v) is 5.77. The SMILES string of the molecule is CCCCOc1ccc(C(=O)NC(=Cc2ccc(Br)cc2)C(=O)Nc2cc(Cl)ccc2C)cc1. The quantitative estimate of drug-likeness (QED) is 0.226. The number of rotatable bonds is 9. The van der Waals surface area contributed by atoms with Crippen LogP contribution in [0, 0.1) is 6.92 Å². The molecule has 3 aromatic rings. The second-order valence-electron chi connectivity index (χ2n) is 7.70. The average Bonchev–Trinajstić information content (AvgIpc) is 2.83. The molecular formula is C27H26BrClN2O3. The van der Waals surface area contributed by atoms with Gasteiger partial charge in [-0.3, -0.25) is 9.59 Å². The van der Waals surface area contributed by atoms with Gasteiger partial charge in [-0.1, -0.05) is 59.1 Å². The molecule has 34 heavy (non-hydrogen) atoms. The lowest BCUT2D eigenvalue weighted by Gasteiger charge is -2.13. The number of carbonyl (C=O) groups is 2. The van der Waals surface area contributed by atoms with E-state index >= 15 is 0 Å². The zero-order valence-corrected chi connectivity index (χ0v) is 21.4. The number of benzene rings is 3. The molecule has 0 bridgehead atoms. The van der Waals surface area contributed by atoms with Crippen LogP contribution in [0.2, 0.25) is 5.02 Å². The molecule has 2 N–H and O–H groups in total. The minimum absolute atomic E-state index is 0.106. The lowest BCUT2D eigenvalue weighted by atomic mass is 10.1. The maximum atomic E-state index is 13.1. The molecule has 0 radical (unpaired) electrons. The second kappa shape index (κ2) is 12.4. The Labute approximate surface area is 213 Å². The van der Waals surface area contributed by atoms with Gasteiger partial charge in [0.2, 0.25) is 0 Å². The summed E-state index contributed by atoms with van der Waals surface area (Å²) in [5, 5.41) is 6.09. The summed E-state index contributed by atoms with van der Waals surface area (Å²) in [7, 11) is 0. The number of hydrogen-bond donors (Lipinski definition) is 2. The highest BCUT2D eigenvalue weighted by Gasteiger charge is 2.16. The fourth-order valence-corrected chi connectivity index (χ4v) is 3.47. The van der Waals surface area contributed by atoms with Gasteiger partial charge in [0.15, 0.2) is 0 Å². The number of anilines is 1. The van der Waals surface area contributed by atoms with Crippen molar-refractivity contribution in [1.29, 1.82) is 0 Å². The largest absolute Gasteiger partial charge is 0.494 e. The topological polar surface area (TPSA) is 67.4 Å². The van der Waals surface area contributed by atoms with E-state index in [-0.39, 0.29) is 5.70 Å². The maximum Gasteiger partial charge on any atom is 0.272 e. The van der Waals surface area contributed by atoms with E-state index in [1.165, 1.54) is 0 Å². The van der Waals surface area contributed by atoms with Crippen LogP contribution >= 0.6 is 27.5 Å². The molecule has 0 aromatic heterocycles. The van der Waals surface area contributed by atoms with Crippen LogP contribution in [0.3, 0.4) is 0 Å². The van der Waals surface area contributed by atoms with Crippen LogP contribution in [0.1, 0.15) is 41.3 Å². The Bertz CT molecular complexity index is 1180. The fourth-order valence-electron chi connectivity index (χ4n) is 3.03. The van der Waals surface area contributed by atoms with Crippen LogP contribution in [0.4, 0.5) is 5.69 Å². The molecule has 5 nitrogen and oxygen atoms in total. The number of ether oxygens (including phenoxy) is 1. The zero-order valence-electron chi connectivity index (χ0n) is 19.0. The third kappa shape index (κ3) is 7.47. The standard InChI is InChI=1S/C27H26BrClN2O3/c1-3-4-15-34-23-13-8-20(9-14-23)26(32)31-25(16-19-6-10-21(28)11-7-19)27(33)30-24-17-22(29)12-5-18(24)2/h5-14,16-17H,3-4,15H2,1-2H3,(H,30,33)(H,31,32). The van der Waals surface area contributed by atoms with Crippen LogP contribution in [0.5, 0.6) is 5.75 Å². The Morgan fingerprint density at radius 2 is 1.74 bits per heavy atom. The molecule has 0 spiro atoms. The van der Waals surface area contributed by atoms with E-state index in [2.05, 4.69) is 33.5 Å². The highest BCUT2D eigenvalue weighted by atomic mass is 79.9. The summed E-state index contributed by atoms with van der Waals surface area (Å²) in [5.74, 6) is -0.160. The molecule has 0 atom stereocenters. The first kappa shape index (κ1) is 25.5. The third-order valence-electron chi connectivity index (χ3n) is 5.00.